The van der Waals surface area contributed by atoms with E-state index in [4.69, 9.17) is 0 Å². The topological polar surface area (TPSA) is 32.3 Å². The van der Waals surface area contributed by atoms with E-state index in [9.17, 15) is 4.79 Å². The Kier molecular flexibility index (Phi) is 8.67. The molecule has 1 aliphatic rings. The smallest absolute Gasteiger partial charge is 0.222 e. The van der Waals surface area contributed by atoms with Gasteiger partial charge in [0.25, 0.3) is 0 Å². The van der Waals surface area contributed by atoms with Crippen molar-refractivity contribution in [3.8, 4) is 0 Å². The van der Waals surface area contributed by atoms with Gasteiger partial charge in [0.15, 0.2) is 0 Å². The van der Waals surface area contributed by atoms with Crippen LogP contribution >= 0.6 is 12.4 Å². The van der Waals surface area contributed by atoms with Crippen LogP contribution in [0.15, 0.2) is 0 Å². The first-order chi connectivity index (χ1) is 7.27. The Balaban J connectivity index is 0.00000225. The van der Waals surface area contributed by atoms with Crippen molar-refractivity contribution in [2.75, 3.05) is 19.6 Å². The second kappa shape index (κ2) is 8.82. The van der Waals surface area contributed by atoms with E-state index < -0.39 is 0 Å². The molecular formula is C12H25ClN2O. The first-order valence-corrected chi connectivity index (χ1v) is 6.29. The van der Waals surface area contributed by atoms with Crippen LogP contribution in [-0.4, -0.2) is 36.5 Å². The summed E-state index contributed by atoms with van der Waals surface area (Å²) in [7, 11) is 0. The van der Waals surface area contributed by atoms with E-state index in [2.05, 4.69) is 19.2 Å². The molecule has 0 bridgehead atoms. The minimum Gasteiger partial charge on any atom is -0.343 e. The van der Waals surface area contributed by atoms with Gasteiger partial charge in [0.2, 0.25) is 5.91 Å². The molecule has 1 amide bonds. The summed E-state index contributed by atoms with van der Waals surface area (Å²) in [6.45, 7) is 7.07. The van der Waals surface area contributed by atoms with Gasteiger partial charge in [-0.2, -0.15) is 0 Å². The Bertz CT molecular complexity index is 193. The molecule has 0 aromatic heterocycles. The molecule has 1 rings (SSSR count). The summed E-state index contributed by atoms with van der Waals surface area (Å²) in [5.74, 6) is 0.327. The highest BCUT2D eigenvalue weighted by Gasteiger charge is 2.17. The predicted molar refractivity (Wildman–Crippen MR) is 70.1 cm³/mol. The quantitative estimate of drug-likeness (QED) is 0.782. The standard InChI is InChI=1S/C12H24N2O.ClH/c1-3-10-14(4-2)12(15)8-7-11-6-5-9-13-11;/h11,13H,3-10H2,1-2H3;1H. The van der Waals surface area contributed by atoms with Crippen molar-refractivity contribution in [1.29, 1.82) is 0 Å². The first-order valence-electron chi connectivity index (χ1n) is 6.29. The van der Waals surface area contributed by atoms with Crippen molar-refractivity contribution in [2.45, 2.75) is 52.0 Å². The highest BCUT2D eigenvalue weighted by atomic mass is 35.5. The van der Waals surface area contributed by atoms with E-state index >= 15 is 0 Å². The minimum atomic E-state index is 0. The van der Waals surface area contributed by atoms with Crippen LogP contribution in [0.3, 0.4) is 0 Å². The lowest BCUT2D eigenvalue weighted by molar-refractivity contribution is -0.131. The van der Waals surface area contributed by atoms with E-state index in [1.807, 2.05) is 4.90 Å². The Morgan fingerprint density at radius 2 is 2.19 bits per heavy atom. The highest BCUT2D eigenvalue weighted by molar-refractivity contribution is 5.85. The molecule has 0 aromatic rings. The molecule has 3 nitrogen and oxygen atoms in total. The highest BCUT2D eigenvalue weighted by Crippen LogP contribution is 2.11. The van der Waals surface area contributed by atoms with E-state index in [0.717, 1.165) is 32.5 Å². The number of amides is 1. The number of carbonyl (C=O) groups is 1. The number of hydrogen-bond donors (Lipinski definition) is 1. The van der Waals surface area contributed by atoms with Crippen molar-refractivity contribution in [3.05, 3.63) is 0 Å². The Morgan fingerprint density at radius 1 is 1.44 bits per heavy atom. The maximum atomic E-state index is 11.8. The predicted octanol–water partition coefficient (Wildman–Crippen LogP) is 2.20. The van der Waals surface area contributed by atoms with E-state index in [1.54, 1.807) is 0 Å². The van der Waals surface area contributed by atoms with Crippen LogP contribution in [0.2, 0.25) is 0 Å². The van der Waals surface area contributed by atoms with Crippen LogP contribution < -0.4 is 5.32 Å². The second-order valence-corrected chi connectivity index (χ2v) is 4.31. The fourth-order valence-corrected chi connectivity index (χ4v) is 2.19. The zero-order valence-corrected chi connectivity index (χ0v) is 11.3. The van der Waals surface area contributed by atoms with Crippen LogP contribution in [0.25, 0.3) is 0 Å². The summed E-state index contributed by atoms with van der Waals surface area (Å²) in [6.07, 6.45) is 5.30. The fraction of sp³-hybridized carbons (Fsp3) is 0.917. The van der Waals surface area contributed by atoms with Gasteiger partial charge in [0.1, 0.15) is 0 Å². The molecule has 1 fully saturated rings. The van der Waals surface area contributed by atoms with Gasteiger partial charge in [-0.3, -0.25) is 4.79 Å². The van der Waals surface area contributed by atoms with E-state index in [0.29, 0.717) is 18.4 Å². The minimum absolute atomic E-state index is 0. The normalized spacial score (nSPS) is 19.2. The lowest BCUT2D eigenvalue weighted by atomic mass is 10.1. The molecule has 4 heteroatoms. The molecular weight excluding hydrogens is 224 g/mol. The first kappa shape index (κ1) is 15.7. The average molecular weight is 249 g/mol. The maximum absolute atomic E-state index is 11.8. The molecule has 0 aromatic carbocycles. The van der Waals surface area contributed by atoms with Gasteiger partial charge in [-0.25, -0.2) is 0 Å². The summed E-state index contributed by atoms with van der Waals surface area (Å²) in [5, 5.41) is 3.43. The average Bonchev–Trinajstić information content (AvgIpc) is 2.75. The Labute approximate surface area is 105 Å². The van der Waals surface area contributed by atoms with Crippen molar-refractivity contribution in [1.82, 2.24) is 10.2 Å². The molecule has 16 heavy (non-hydrogen) atoms. The molecule has 1 unspecified atom stereocenters. The Morgan fingerprint density at radius 3 is 2.69 bits per heavy atom. The summed E-state index contributed by atoms with van der Waals surface area (Å²) in [4.78, 5) is 13.8. The lowest BCUT2D eigenvalue weighted by Gasteiger charge is -2.20. The van der Waals surface area contributed by atoms with Crippen LogP contribution in [0.4, 0.5) is 0 Å². The molecule has 1 saturated heterocycles. The Hall–Kier alpha value is -0.280. The van der Waals surface area contributed by atoms with Gasteiger partial charge in [-0.05, 0) is 39.2 Å². The number of carbonyl (C=O) groups excluding carboxylic acids is 1. The summed E-state index contributed by atoms with van der Waals surface area (Å²) in [5.41, 5.74) is 0. The monoisotopic (exact) mass is 248 g/mol. The third-order valence-electron chi connectivity index (χ3n) is 3.10. The van der Waals surface area contributed by atoms with Gasteiger partial charge in [0.05, 0.1) is 0 Å². The van der Waals surface area contributed by atoms with Gasteiger partial charge in [-0.1, -0.05) is 6.92 Å². The number of nitrogens with one attached hydrogen (secondary N) is 1. The third kappa shape index (κ3) is 5.17. The summed E-state index contributed by atoms with van der Waals surface area (Å²) >= 11 is 0. The SMILES string of the molecule is CCCN(CC)C(=O)CCC1CCCN1.Cl. The van der Waals surface area contributed by atoms with Crippen molar-refractivity contribution in [3.63, 3.8) is 0 Å². The summed E-state index contributed by atoms with van der Waals surface area (Å²) in [6, 6.07) is 0.592. The molecule has 1 atom stereocenters. The zero-order chi connectivity index (χ0) is 11.1. The van der Waals surface area contributed by atoms with Crippen molar-refractivity contribution < 1.29 is 4.79 Å². The molecule has 0 spiro atoms. The van der Waals surface area contributed by atoms with E-state index in [1.165, 1.54) is 12.8 Å². The third-order valence-corrected chi connectivity index (χ3v) is 3.10. The molecule has 1 N–H and O–H groups in total. The summed E-state index contributed by atoms with van der Waals surface area (Å²) < 4.78 is 0. The molecule has 1 aliphatic heterocycles. The molecule has 96 valence electrons. The number of hydrogen-bond acceptors (Lipinski definition) is 2. The largest absolute Gasteiger partial charge is 0.343 e. The van der Waals surface area contributed by atoms with Crippen LogP contribution in [0.1, 0.15) is 46.0 Å². The van der Waals surface area contributed by atoms with Crippen molar-refractivity contribution >= 4 is 18.3 Å². The number of halogens is 1. The van der Waals surface area contributed by atoms with E-state index in [-0.39, 0.29) is 12.4 Å². The van der Waals surface area contributed by atoms with Crippen LogP contribution in [0, 0.1) is 0 Å². The van der Waals surface area contributed by atoms with Crippen molar-refractivity contribution in [2.24, 2.45) is 0 Å². The number of nitrogens with zero attached hydrogens (tertiary/aromatic N) is 1. The second-order valence-electron chi connectivity index (χ2n) is 4.31. The molecule has 0 aliphatic carbocycles. The van der Waals surface area contributed by atoms with Gasteiger partial charge < -0.3 is 10.2 Å². The maximum Gasteiger partial charge on any atom is 0.222 e. The van der Waals surface area contributed by atoms with Gasteiger partial charge in [0, 0.05) is 25.6 Å². The lowest BCUT2D eigenvalue weighted by Crippen LogP contribution is -2.33. The molecule has 0 radical (unpaired) electrons. The molecule has 1 heterocycles. The van der Waals surface area contributed by atoms with Gasteiger partial charge in [-0.15, -0.1) is 12.4 Å². The zero-order valence-electron chi connectivity index (χ0n) is 10.5. The number of rotatable bonds is 6. The van der Waals surface area contributed by atoms with Gasteiger partial charge >= 0.3 is 0 Å². The molecule has 0 saturated carbocycles. The van der Waals surface area contributed by atoms with Crippen LogP contribution in [0.5, 0.6) is 0 Å². The van der Waals surface area contributed by atoms with Crippen LogP contribution in [-0.2, 0) is 4.79 Å². The fourth-order valence-electron chi connectivity index (χ4n) is 2.19.